The van der Waals surface area contributed by atoms with Crippen molar-refractivity contribution in [3.63, 3.8) is 0 Å². The second kappa shape index (κ2) is 5.47. The average Bonchev–Trinajstić information content (AvgIpc) is 2.87. The fourth-order valence-corrected chi connectivity index (χ4v) is 4.81. The Labute approximate surface area is 129 Å². The van der Waals surface area contributed by atoms with Gasteiger partial charge in [0.05, 0.1) is 24.1 Å². The van der Waals surface area contributed by atoms with Gasteiger partial charge in [-0.1, -0.05) is 17.4 Å². The second-order valence-electron chi connectivity index (χ2n) is 4.66. The van der Waals surface area contributed by atoms with Gasteiger partial charge in [0.1, 0.15) is 0 Å². The van der Waals surface area contributed by atoms with E-state index in [-0.39, 0.29) is 22.5 Å². The number of phenolic OH excluding ortho intramolecular Hbond substituents is 1. The number of thioether (sulfide) groups is 1. The number of aromatic hydroxyl groups is 1. The summed E-state index contributed by atoms with van der Waals surface area (Å²) in [6.07, 6.45) is 0. The van der Waals surface area contributed by atoms with Gasteiger partial charge >= 0.3 is 4.87 Å². The minimum atomic E-state index is -0.219. The van der Waals surface area contributed by atoms with Crippen LogP contribution in [0.25, 0.3) is 0 Å². The van der Waals surface area contributed by atoms with Crippen LogP contribution in [0.2, 0.25) is 0 Å². The van der Waals surface area contributed by atoms with E-state index < -0.39 is 0 Å². The molecule has 0 radical (unpaired) electrons. The number of rotatable bonds is 2. The van der Waals surface area contributed by atoms with Crippen LogP contribution in [-0.4, -0.2) is 23.0 Å². The fraction of sp³-hybridized carbons (Fsp3) is 0.286. The Kier molecular flexibility index (Phi) is 3.66. The molecule has 0 saturated carbocycles. The molecule has 1 aliphatic heterocycles. The number of phenols is 1. The van der Waals surface area contributed by atoms with Crippen molar-refractivity contribution in [1.82, 2.24) is 4.98 Å². The van der Waals surface area contributed by atoms with Crippen molar-refractivity contribution >= 4 is 23.1 Å². The number of nitrogens with zero attached hydrogens (tertiary/aromatic N) is 1. The molecule has 1 aromatic carbocycles. The number of methoxy groups -OCH3 is 1. The summed E-state index contributed by atoms with van der Waals surface area (Å²) in [5.74, 6) is 0.659. The van der Waals surface area contributed by atoms with Crippen molar-refractivity contribution in [1.29, 1.82) is 5.26 Å². The number of aromatic nitrogens is 1. The number of ether oxygens (including phenoxy) is 1. The molecule has 2 aromatic rings. The summed E-state index contributed by atoms with van der Waals surface area (Å²) in [4.78, 5) is 15.2. The van der Waals surface area contributed by atoms with Gasteiger partial charge in [0.15, 0.2) is 11.5 Å². The topological polar surface area (TPSA) is 86.1 Å². The highest BCUT2D eigenvalue weighted by molar-refractivity contribution is 7.99. The number of hydrogen-bond donors (Lipinski definition) is 2. The van der Waals surface area contributed by atoms with Crippen LogP contribution in [-0.2, 0) is 0 Å². The number of benzene rings is 1. The van der Waals surface area contributed by atoms with Crippen LogP contribution in [0.3, 0.4) is 0 Å². The van der Waals surface area contributed by atoms with Gasteiger partial charge in [0, 0.05) is 16.5 Å². The van der Waals surface area contributed by atoms with Gasteiger partial charge in [0.25, 0.3) is 0 Å². The zero-order valence-corrected chi connectivity index (χ0v) is 12.8. The van der Waals surface area contributed by atoms with Crippen LogP contribution < -0.4 is 9.61 Å². The molecule has 2 atom stereocenters. The molecular weight excluding hydrogens is 308 g/mol. The molecule has 2 N–H and O–H groups in total. The Balaban J connectivity index is 2.14. The number of hydrogen-bond acceptors (Lipinski definition) is 6. The molecule has 0 aliphatic carbocycles. The lowest BCUT2D eigenvalue weighted by Gasteiger charge is -2.26. The lowest BCUT2D eigenvalue weighted by Crippen LogP contribution is -2.19. The highest BCUT2D eigenvalue weighted by atomic mass is 32.2. The highest BCUT2D eigenvalue weighted by Gasteiger charge is 2.34. The van der Waals surface area contributed by atoms with Crippen molar-refractivity contribution in [3.8, 4) is 17.6 Å². The van der Waals surface area contributed by atoms with Crippen molar-refractivity contribution in [2.45, 2.75) is 10.9 Å². The maximum Gasteiger partial charge on any atom is 0.305 e. The number of aromatic amines is 1. The van der Waals surface area contributed by atoms with Crippen LogP contribution in [0.1, 0.15) is 16.4 Å². The lowest BCUT2D eigenvalue weighted by molar-refractivity contribution is 0.372. The monoisotopic (exact) mass is 320 g/mol. The average molecular weight is 320 g/mol. The fourth-order valence-electron chi connectivity index (χ4n) is 2.47. The lowest BCUT2D eigenvalue weighted by atomic mass is 9.86. The first kappa shape index (κ1) is 14.0. The van der Waals surface area contributed by atoms with Gasteiger partial charge in [-0.25, -0.2) is 0 Å². The van der Waals surface area contributed by atoms with E-state index in [0.717, 1.165) is 26.8 Å². The molecule has 108 valence electrons. The van der Waals surface area contributed by atoms with E-state index in [1.54, 1.807) is 18.2 Å². The summed E-state index contributed by atoms with van der Waals surface area (Å²) in [6.45, 7) is 0. The summed E-state index contributed by atoms with van der Waals surface area (Å²) < 4.78 is 5.13. The zero-order valence-electron chi connectivity index (χ0n) is 11.1. The summed E-state index contributed by atoms with van der Waals surface area (Å²) >= 11 is 2.65. The smallest absolute Gasteiger partial charge is 0.305 e. The molecule has 0 saturated heterocycles. The number of fused-ring (bicyclic) bond motifs is 1. The van der Waals surface area contributed by atoms with Gasteiger partial charge in [0.2, 0.25) is 0 Å². The molecule has 1 aromatic heterocycles. The van der Waals surface area contributed by atoms with Crippen molar-refractivity contribution in [3.05, 3.63) is 38.3 Å². The molecule has 1 aliphatic rings. The van der Waals surface area contributed by atoms with Gasteiger partial charge < -0.3 is 14.8 Å². The minimum Gasteiger partial charge on any atom is -0.504 e. The Morgan fingerprint density at radius 3 is 3.05 bits per heavy atom. The largest absolute Gasteiger partial charge is 0.504 e. The summed E-state index contributed by atoms with van der Waals surface area (Å²) in [7, 11) is 1.48. The van der Waals surface area contributed by atoms with E-state index in [2.05, 4.69) is 11.1 Å². The van der Waals surface area contributed by atoms with Crippen molar-refractivity contribution < 1.29 is 9.84 Å². The van der Waals surface area contributed by atoms with E-state index in [4.69, 9.17) is 4.74 Å². The molecule has 3 rings (SSSR count). The van der Waals surface area contributed by atoms with Crippen LogP contribution in [0, 0.1) is 17.2 Å². The number of thiazole rings is 1. The van der Waals surface area contributed by atoms with Gasteiger partial charge in [-0.05, 0) is 17.7 Å². The first-order valence-electron chi connectivity index (χ1n) is 6.26. The predicted molar refractivity (Wildman–Crippen MR) is 81.3 cm³/mol. The molecule has 7 heteroatoms. The Morgan fingerprint density at radius 2 is 2.33 bits per heavy atom. The molecule has 0 fully saturated rings. The van der Waals surface area contributed by atoms with Crippen LogP contribution in [0.15, 0.2) is 28.0 Å². The highest BCUT2D eigenvalue weighted by Crippen LogP contribution is 2.46. The van der Waals surface area contributed by atoms with E-state index in [1.807, 2.05) is 0 Å². The molecule has 0 unspecified atom stereocenters. The SMILES string of the molecule is COc1cc([C@@H]2c3sc(=O)[nH]c3SC[C@@H]2C#N)ccc1O. The minimum absolute atomic E-state index is 0.0578. The van der Waals surface area contributed by atoms with E-state index in [1.165, 1.54) is 18.9 Å². The third-order valence-electron chi connectivity index (χ3n) is 3.46. The van der Waals surface area contributed by atoms with Gasteiger partial charge in [-0.15, -0.1) is 11.8 Å². The summed E-state index contributed by atoms with van der Waals surface area (Å²) in [5.41, 5.74) is 0.869. The first-order chi connectivity index (χ1) is 10.1. The predicted octanol–water partition coefficient (Wildman–Crippen LogP) is 2.53. The molecular formula is C14H12N2O3S2. The summed E-state index contributed by atoms with van der Waals surface area (Å²) in [5, 5.41) is 20.0. The third-order valence-corrected chi connectivity index (χ3v) is 5.69. The number of nitrogens with one attached hydrogen (secondary N) is 1. The maximum absolute atomic E-state index is 11.6. The number of H-pyrrole nitrogens is 1. The van der Waals surface area contributed by atoms with Gasteiger partial charge in [-0.2, -0.15) is 5.26 Å². The van der Waals surface area contributed by atoms with Crippen LogP contribution in [0.5, 0.6) is 11.5 Å². The molecule has 0 amide bonds. The molecule has 5 nitrogen and oxygen atoms in total. The van der Waals surface area contributed by atoms with Crippen molar-refractivity contribution in [2.75, 3.05) is 12.9 Å². The molecule has 2 heterocycles. The third kappa shape index (κ3) is 2.41. The summed E-state index contributed by atoms with van der Waals surface area (Å²) in [6, 6.07) is 7.38. The van der Waals surface area contributed by atoms with Crippen molar-refractivity contribution in [2.24, 2.45) is 5.92 Å². The van der Waals surface area contributed by atoms with E-state index in [9.17, 15) is 15.2 Å². The standard InChI is InChI=1S/C14H12N2O3S2/c1-19-10-4-7(2-3-9(10)17)11-8(5-15)6-20-13-12(11)21-14(18)16-13/h2-4,8,11,17H,6H2,1H3,(H,16,18)/t8-,11-/m0/s1. The second-order valence-corrected chi connectivity index (χ2v) is 6.71. The van der Waals surface area contributed by atoms with Crippen LogP contribution >= 0.6 is 23.1 Å². The first-order valence-corrected chi connectivity index (χ1v) is 8.06. The van der Waals surface area contributed by atoms with Crippen LogP contribution in [0.4, 0.5) is 0 Å². The zero-order chi connectivity index (χ0) is 15.0. The Hall–Kier alpha value is -1.91. The normalized spacial score (nSPS) is 20.6. The maximum atomic E-state index is 11.6. The number of nitriles is 1. The molecule has 0 spiro atoms. The quantitative estimate of drug-likeness (QED) is 0.888. The molecule has 0 bridgehead atoms. The van der Waals surface area contributed by atoms with E-state index in [0.29, 0.717) is 11.5 Å². The Bertz CT molecular complexity index is 775. The Morgan fingerprint density at radius 1 is 1.52 bits per heavy atom. The van der Waals surface area contributed by atoms with Gasteiger partial charge in [-0.3, -0.25) is 4.79 Å². The van der Waals surface area contributed by atoms with E-state index >= 15 is 0 Å². The molecule has 21 heavy (non-hydrogen) atoms.